The van der Waals surface area contributed by atoms with Crippen molar-refractivity contribution < 1.29 is 9.53 Å². The van der Waals surface area contributed by atoms with Crippen molar-refractivity contribution in [2.75, 3.05) is 37.9 Å². The fourth-order valence-electron chi connectivity index (χ4n) is 2.06. The molecule has 3 N–H and O–H groups in total. The number of carbonyl (C=O) groups is 1. The lowest BCUT2D eigenvalue weighted by Gasteiger charge is -2.26. The molecule has 0 bridgehead atoms. The number of hydrogen-bond acceptors (Lipinski definition) is 6. The summed E-state index contributed by atoms with van der Waals surface area (Å²) < 4.78 is 4.98. The number of nitrogens with zero attached hydrogens (tertiary/aromatic N) is 2. The molecule has 1 fully saturated rings. The SMILES string of the molecule is COCCNc1nc(N)c(C(=O)N(CC2CC2)C(C)C)s1. The second-order valence-electron chi connectivity index (χ2n) is 5.65. The Labute approximate surface area is 129 Å². The van der Waals surface area contributed by atoms with E-state index < -0.39 is 0 Å². The topological polar surface area (TPSA) is 80.5 Å². The fourth-order valence-corrected chi connectivity index (χ4v) is 2.92. The Balaban J connectivity index is 2.05. The molecule has 1 saturated carbocycles. The van der Waals surface area contributed by atoms with E-state index in [1.165, 1.54) is 24.2 Å². The number of ether oxygens (including phenoxy) is 1. The first-order valence-corrected chi connectivity index (χ1v) is 8.14. The zero-order valence-corrected chi connectivity index (χ0v) is 13.7. The van der Waals surface area contributed by atoms with E-state index in [1.807, 2.05) is 18.7 Å². The molecule has 6 nitrogen and oxygen atoms in total. The smallest absolute Gasteiger partial charge is 0.268 e. The van der Waals surface area contributed by atoms with Crippen molar-refractivity contribution >= 4 is 28.2 Å². The third-order valence-electron chi connectivity index (χ3n) is 3.47. The average Bonchev–Trinajstić information content (AvgIpc) is 3.18. The number of aromatic nitrogens is 1. The van der Waals surface area contributed by atoms with Crippen LogP contribution in [0.4, 0.5) is 10.9 Å². The van der Waals surface area contributed by atoms with Crippen molar-refractivity contribution in [1.82, 2.24) is 9.88 Å². The van der Waals surface area contributed by atoms with Crippen molar-refractivity contribution in [3.63, 3.8) is 0 Å². The van der Waals surface area contributed by atoms with Crippen LogP contribution in [0.1, 0.15) is 36.4 Å². The molecule has 0 atom stereocenters. The van der Waals surface area contributed by atoms with E-state index in [2.05, 4.69) is 10.3 Å². The zero-order chi connectivity index (χ0) is 15.4. The second kappa shape index (κ2) is 7.09. The molecule has 118 valence electrons. The predicted molar refractivity (Wildman–Crippen MR) is 85.8 cm³/mol. The van der Waals surface area contributed by atoms with Gasteiger partial charge >= 0.3 is 0 Å². The van der Waals surface area contributed by atoms with Gasteiger partial charge in [0.25, 0.3) is 5.91 Å². The molecule has 2 rings (SSSR count). The van der Waals surface area contributed by atoms with Crippen LogP contribution in [0.15, 0.2) is 0 Å². The second-order valence-corrected chi connectivity index (χ2v) is 6.65. The molecule has 0 aromatic carbocycles. The lowest BCUT2D eigenvalue weighted by Crippen LogP contribution is -2.38. The molecular weight excluding hydrogens is 288 g/mol. The molecule has 1 aromatic heterocycles. The average molecular weight is 312 g/mol. The molecule has 7 heteroatoms. The highest BCUT2D eigenvalue weighted by atomic mass is 32.1. The van der Waals surface area contributed by atoms with Crippen LogP contribution < -0.4 is 11.1 Å². The van der Waals surface area contributed by atoms with Crippen LogP contribution in [-0.4, -0.2) is 48.6 Å². The summed E-state index contributed by atoms with van der Waals surface area (Å²) in [6, 6.07) is 0.171. The van der Waals surface area contributed by atoms with Gasteiger partial charge < -0.3 is 20.7 Å². The van der Waals surface area contributed by atoms with Gasteiger partial charge in [0.1, 0.15) is 10.7 Å². The normalized spacial score (nSPS) is 14.5. The summed E-state index contributed by atoms with van der Waals surface area (Å²) in [6.07, 6.45) is 2.44. The van der Waals surface area contributed by atoms with E-state index in [9.17, 15) is 4.79 Å². The third-order valence-corrected chi connectivity index (χ3v) is 4.48. The Morgan fingerprint density at radius 2 is 2.29 bits per heavy atom. The van der Waals surface area contributed by atoms with Gasteiger partial charge in [0, 0.05) is 26.2 Å². The van der Waals surface area contributed by atoms with Crippen molar-refractivity contribution in [2.24, 2.45) is 5.92 Å². The molecule has 1 aromatic rings. The highest BCUT2D eigenvalue weighted by molar-refractivity contribution is 7.18. The van der Waals surface area contributed by atoms with E-state index in [1.54, 1.807) is 7.11 Å². The molecule has 0 spiro atoms. The van der Waals surface area contributed by atoms with Gasteiger partial charge in [-0.1, -0.05) is 11.3 Å². The maximum Gasteiger partial charge on any atom is 0.268 e. The van der Waals surface area contributed by atoms with Crippen LogP contribution in [0.25, 0.3) is 0 Å². The molecule has 1 aliphatic rings. The lowest BCUT2D eigenvalue weighted by atomic mass is 10.2. The number of amides is 1. The summed E-state index contributed by atoms with van der Waals surface area (Å²) in [4.78, 5) is 19.3. The summed E-state index contributed by atoms with van der Waals surface area (Å²) in [5.74, 6) is 0.961. The van der Waals surface area contributed by atoms with Gasteiger partial charge in [-0.05, 0) is 32.6 Å². The zero-order valence-electron chi connectivity index (χ0n) is 12.9. The molecule has 0 radical (unpaired) electrons. The number of hydrogen-bond donors (Lipinski definition) is 2. The highest BCUT2D eigenvalue weighted by Gasteiger charge is 2.30. The number of carbonyl (C=O) groups excluding carboxylic acids is 1. The lowest BCUT2D eigenvalue weighted by molar-refractivity contribution is 0.0702. The van der Waals surface area contributed by atoms with Crippen molar-refractivity contribution in [2.45, 2.75) is 32.7 Å². The maximum absolute atomic E-state index is 12.7. The van der Waals surface area contributed by atoms with Gasteiger partial charge in [-0.15, -0.1) is 0 Å². The summed E-state index contributed by atoms with van der Waals surface area (Å²) >= 11 is 1.32. The quantitative estimate of drug-likeness (QED) is 0.718. The Morgan fingerprint density at radius 1 is 1.57 bits per heavy atom. The van der Waals surface area contributed by atoms with Gasteiger partial charge in [0.05, 0.1) is 6.61 Å². The Bertz CT molecular complexity index is 485. The summed E-state index contributed by atoms with van der Waals surface area (Å²) in [5.41, 5.74) is 5.91. The highest BCUT2D eigenvalue weighted by Crippen LogP contribution is 2.32. The summed E-state index contributed by atoms with van der Waals surface area (Å²) in [6.45, 7) is 6.13. The number of rotatable bonds is 8. The van der Waals surface area contributed by atoms with Gasteiger partial charge in [-0.3, -0.25) is 4.79 Å². The third kappa shape index (κ3) is 4.31. The van der Waals surface area contributed by atoms with Gasteiger partial charge in [0.2, 0.25) is 0 Å². The van der Waals surface area contributed by atoms with Crippen molar-refractivity contribution in [1.29, 1.82) is 0 Å². The molecular formula is C14H24N4O2S. The number of anilines is 2. The minimum atomic E-state index is -0.00769. The molecule has 0 unspecified atom stereocenters. The largest absolute Gasteiger partial charge is 0.383 e. The van der Waals surface area contributed by atoms with Gasteiger partial charge in [-0.25, -0.2) is 4.98 Å². The molecule has 0 saturated heterocycles. The minimum absolute atomic E-state index is 0.00769. The number of nitrogens with one attached hydrogen (secondary N) is 1. The van der Waals surface area contributed by atoms with E-state index >= 15 is 0 Å². The van der Waals surface area contributed by atoms with E-state index in [-0.39, 0.29) is 11.9 Å². The Hall–Kier alpha value is -1.34. The minimum Gasteiger partial charge on any atom is -0.383 e. The number of thiazole rings is 1. The Morgan fingerprint density at radius 3 is 2.86 bits per heavy atom. The van der Waals surface area contributed by atoms with Crippen molar-refractivity contribution in [3.8, 4) is 0 Å². The standard InChI is InChI=1S/C14H24N4O2S/c1-9(2)18(8-10-4-5-10)13(19)11-12(15)17-14(21-11)16-6-7-20-3/h9-10H,4-8,15H2,1-3H3,(H,16,17). The summed E-state index contributed by atoms with van der Waals surface area (Å²) in [5, 5.41) is 3.78. The first kappa shape index (κ1) is 16.0. The van der Waals surface area contributed by atoms with Crippen LogP contribution >= 0.6 is 11.3 Å². The summed E-state index contributed by atoms with van der Waals surface area (Å²) in [7, 11) is 1.64. The van der Waals surface area contributed by atoms with E-state index in [4.69, 9.17) is 10.5 Å². The maximum atomic E-state index is 12.7. The number of methoxy groups -OCH3 is 1. The van der Waals surface area contributed by atoms with Gasteiger partial charge in [-0.2, -0.15) is 0 Å². The molecule has 1 amide bonds. The molecule has 21 heavy (non-hydrogen) atoms. The van der Waals surface area contributed by atoms with Crippen LogP contribution in [0.5, 0.6) is 0 Å². The number of nitrogen functional groups attached to an aromatic ring is 1. The van der Waals surface area contributed by atoms with Crippen LogP contribution in [0.3, 0.4) is 0 Å². The Kier molecular flexibility index (Phi) is 5.41. The first-order valence-electron chi connectivity index (χ1n) is 7.33. The van der Waals surface area contributed by atoms with E-state index in [0.29, 0.717) is 34.9 Å². The monoisotopic (exact) mass is 312 g/mol. The van der Waals surface area contributed by atoms with Gasteiger partial charge in [0.15, 0.2) is 5.13 Å². The number of nitrogens with two attached hydrogens (primary N) is 1. The van der Waals surface area contributed by atoms with Crippen molar-refractivity contribution in [3.05, 3.63) is 4.88 Å². The van der Waals surface area contributed by atoms with Crippen LogP contribution in [-0.2, 0) is 4.74 Å². The van der Waals surface area contributed by atoms with Crippen LogP contribution in [0, 0.1) is 5.92 Å². The molecule has 1 heterocycles. The fraction of sp³-hybridized carbons (Fsp3) is 0.714. The first-order chi connectivity index (χ1) is 10.0. The van der Waals surface area contributed by atoms with Crippen LogP contribution in [0.2, 0.25) is 0 Å². The molecule has 0 aliphatic heterocycles. The van der Waals surface area contributed by atoms with E-state index in [0.717, 1.165) is 6.54 Å². The molecule has 1 aliphatic carbocycles. The predicted octanol–water partition coefficient (Wildman–Crippen LogP) is 2.04.